The van der Waals surface area contributed by atoms with Crippen LogP contribution >= 0.6 is 11.6 Å². The van der Waals surface area contributed by atoms with E-state index < -0.39 is 15.9 Å². The molecule has 3 N–H and O–H groups in total. The fourth-order valence-corrected chi connectivity index (χ4v) is 3.26. The van der Waals surface area contributed by atoms with E-state index in [9.17, 15) is 13.2 Å². The van der Waals surface area contributed by atoms with Gasteiger partial charge in [0.05, 0.1) is 11.9 Å². The third-order valence-corrected chi connectivity index (χ3v) is 4.28. The minimum absolute atomic E-state index is 0.0847. The fraction of sp³-hybridized carbons (Fsp3) is 0.0588. The molecule has 1 amide bonds. The Morgan fingerprint density at radius 2 is 1.88 bits per heavy atom. The van der Waals surface area contributed by atoms with E-state index >= 15 is 0 Å². The first-order valence-corrected chi connectivity index (χ1v) is 9.73. The number of hydrogen-bond acceptors (Lipinski definition) is 4. The molecule has 3 aromatic rings. The second-order valence-corrected chi connectivity index (χ2v) is 7.81. The van der Waals surface area contributed by atoms with Gasteiger partial charge in [0.25, 0.3) is 5.91 Å². The van der Waals surface area contributed by atoms with E-state index in [1.807, 2.05) is 30.3 Å². The molecule has 0 atom stereocenters. The largest absolute Gasteiger partial charge is 0.364 e. The van der Waals surface area contributed by atoms with Gasteiger partial charge in [0.1, 0.15) is 11.5 Å². The molecule has 0 saturated heterocycles. The Hall–Kier alpha value is -2.84. The maximum absolute atomic E-state index is 11.6. The first-order valence-electron chi connectivity index (χ1n) is 7.46. The van der Waals surface area contributed by atoms with Crippen molar-refractivity contribution in [3.05, 3.63) is 65.4 Å². The van der Waals surface area contributed by atoms with Crippen LogP contribution in [0.2, 0.25) is 5.02 Å². The summed E-state index contributed by atoms with van der Waals surface area (Å²) in [5, 5.41) is 0.317. The molecule has 0 saturated carbocycles. The number of sulfonamides is 1. The van der Waals surface area contributed by atoms with Gasteiger partial charge in [-0.15, -0.1) is 0 Å². The minimum Gasteiger partial charge on any atom is -0.364 e. The summed E-state index contributed by atoms with van der Waals surface area (Å²) in [5.74, 6) is -0.263. The van der Waals surface area contributed by atoms with E-state index in [0.717, 1.165) is 11.9 Å². The number of nitrogens with two attached hydrogens (primary N) is 1. The number of primary amides is 1. The summed E-state index contributed by atoms with van der Waals surface area (Å²) < 4.78 is 27.1. The van der Waals surface area contributed by atoms with Crippen LogP contribution in [-0.4, -0.2) is 30.1 Å². The van der Waals surface area contributed by atoms with Crippen molar-refractivity contribution in [1.82, 2.24) is 9.55 Å². The van der Waals surface area contributed by atoms with E-state index in [4.69, 9.17) is 17.3 Å². The number of imidazole rings is 1. The molecule has 1 aromatic heterocycles. The lowest BCUT2D eigenvalue weighted by atomic mass is 10.2. The van der Waals surface area contributed by atoms with Crippen LogP contribution in [0, 0.1) is 0 Å². The third kappa shape index (κ3) is 4.04. The number of para-hydroxylation sites is 1. The van der Waals surface area contributed by atoms with Crippen molar-refractivity contribution >= 4 is 33.2 Å². The van der Waals surface area contributed by atoms with E-state index in [-0.39, 0.29) is 5.69 Å². The average molecular weight is 391 g/mol. The lowest BCUT2D eigenvalue weighted by Crippen LogP contribution is -2.11. The SMILES string of the molecule is CS(=O)(=O)Nc1cc(Cl)cc(-c2nc(C(N)=O)cn2-c2ccccc2)c1. The molecule has 0 aliphatic rings. The summed E-state index contributed by atoms with van der Waals surface area (Å²) in [6.45, 7) is 0. The van der Waals surface area contributed by atoms with Gasteiger partial charge in [-0.05, 0) is 30.3 Å². The van der Waals surface area contributed by atoms with Gasteiger partial charge < -0.3 is 5.73 Å². The number of anilines is 1. The summed E-state index contributed by atoms with van der Waals surface area (Å²) >= 11 is 6.13. The predicted molar refractivity (Wildman–Crippen MR) is 101 cm³/mol. The predicted octanol–water partition coefficient (Wildman–Crippen LogP) is 2.66. The number of amides is 1. The van der Waals surface area contributed by atoms with Gasteiger partial charge in [0, 0.05) is 22.5 Å². The molecule has 9 heteroatoms. The summed E-state index contributed by atoms with van der Waals surface area (Å²) in [6.07, 6.45) is 2.57. The maximum atomic E-state index is 11.6. The lowest BCUT2D eigenvalue weighted by Gasteiger charge is -2.10. The summed E-state index contributed by atoms with van der Waals surface area (Å²) in [7, 11) is -3.47. The number of nitrogens with zero attached hydrogens (tertiary/aromatic N) is 2. The number of carbonyl (C=O) groups excluding carboxylic acids is 1. The zero-order chi connectivity index (χ0) is 18.9. The number of rotatable bonds is 5. The van der Waals surface area contributed by atoms with Gasteiger partial charge >= 0.3 is 0 Å². The van der Waals surface area contributed by atoms with Crippen molar-refractivity contribution in [2.24, 2.45) is 5.73 Å². The van der Waals surface area contributed by atoms with Gasteiger partial charge in [-0.25, -0.2) is 13.4 Å². The number of halogens is 1. The van der Waals surface area contributed by atoms with Gasteiger partial charge in [-0.2, -0.15) is 0 Å². The molecular weight excluding hydrogens is 376 g/mol. The van der Waals surface area contributed by atoms with Crippen LogP contribution in [0.5, 0.6) is 0 Å². The van der Waals surface area contributed by atoms with Crippen molar-refractivity contribution in [3.8, 4) is 17.1 Å². The van der Waals surface area contributed by atoms with Crippen molar-refractivity contribution in [2.45, 2.75) is 0 Å². The van der Waals surface area contributed by atoms with E-state index in [0.29, 0.717) is 22.1 Å². The molecule has 2 aromatic carbocycles. The normalized spacial score (nSPS) is 11.3. The Morgan fingerprint density at radius 3 is 2.50 bits per heavy atom. The van der Waals surface area contributed by atoms with Crippen LogP contribution in [0.1, 0.15) is 10.5 Å². The molecule has 26 heavy (non-hydrogen) atoms. The van der Waals surface area contributed by atoms with Crippen LogP contribution < -0.4 is 10.5 Å². The Kier molecular flexibility index (Phi) is 4.71. The molecular formula is C17H15ClN4O3S. The van der Waals surface area contributed by atoms with Gasteiger partial charge in [0.2, 0.25) is 10.0 Å². The average Bonchev–Trinajstić information content (AvgIpc) is 2.99. The molecule has 3 rings (SSSR count). The smallest absolute Gasteiger partial charge is 0.268 e. The van der Waals surface area contributed by atoms with Crippen LogP contribution in [-0.2, 0) is 10.0 Å². The second kappa shape index (κ2) is 6.81. The topological polar surface area (TPSA) is 107 Å². The van der Waals surface area contributed by atoms with Gasteiger partial charge in [-0.1, -0.05) is 29.8 Å². The minimum atomic E-state index is -3.47. The molecule has 1 heterocycles. The molecule has 0 fully saturated rings. The highest BCUT2D eigenvalue weighted by Gasteiger charge is 2.16. The standard InChI is InChI=1S/C17H15ClN4O3S/c1-26(24,25)21-13-8-11(7-12(18)9-13)17-20-15(16(19)23)10-22(17)14-5-3-2-4-6-14/h2-10,21H,1H3,(H2,19,23). The molecule has 134 valence electrons. The van der Waals surface area contributed by atoms with E-state index in [1.165, 1.54) is 12.3 Å². The molecule has 0 radical (unpaired) electrons. The van der Waals surface area contributed by atoms with Crippen LogP contribution in [0.15, 0.2) is 54.7 Å². The van der Waals surface area contributed by atoms with Crippen molar-refractivity contribution in [3.63, 3.8) is 0 Å². The number of carbonyl (C=O) groups is 1. The van der Waals surface area contributed by atoms with E-state index in [1.54, 1.807) is 16.7 Å². The molecule has 0 unspecified atom stereocenters. The van der Waals surface area contributed by atoms with Crippen molar-refractivity contribution < 1.29 is 13.2 Å². The zero-order valence-corrected chi connectivity index (χ0v) is 15.3. The lowest BCUT2D eigenvalue weighted by molar-refractivity contribution is 0.0996. The summed E-state index contributed by atoms with van der Waals surface area (Å²) in [5.41, 5.74) is 7.03. The molecule has 0 bridgehead atoms. The van der Waals surface area contributed by atoms with Gasteiger partial charge in [0.15, 0.2) is 0 Å². The second-order valence-electron chi connectivity index (χ2n) is 5.62. The highest BCUT2D eigenvalue weighted by atomic mass is 35.5. The fourth-order valence-electron chi connectivity index (χ4n) is 2.48. The Bertz CT molecular complexity index is 1080. The quantitative estimate of drug-likeness (QED) is 0.698. The summed E-state index contributed by atoms with van der Waals surface area (Å²) in [4.78, 5) is 15.9. The van der Waals surface area contributed by atoms with E-state index in [2.05, 4.69) is 9.71 Å². The number of hydrogen-bond donors (Lipinski definition) is 2. The first-order chi connectivity index (χ1) is 12.2. The first kappa shape index (κ1) is 18.0. The Morgan fingerprint density at radius 1 is 1.19 bits per heavy atom. The number of aromatic nitrogens is 2. The maximum Gasteiger partial charge on any atom is 0.268 e. The molecule has 7 nitrogen and oxygen atoms in total. The highest BCUT2D eigenvalue weighted by molar-refractivity contribution is 7.92. The zero-order valence-electron chi connectivity index (χ0n) is 13.7. The third-order valence-electron chi connectivity index (χ3n) is 3.45. The van der Waals surface area contributed by atoms with Gasteiger partial charge in [-0.3, -0.25) is 14.1 Å². The summed E-state index contributed by atoms with van der Waals surface area (Å²) in [6, 6.07) is 13.9. The molecule has 0 aliphatic heterocycles. The van der Waals surface area contributed by atoms with Crippen LogP contribution in [0.4, 0.5) is 5.69 Å². The van der Waals surface area contributed by atoms with Crippen molar-refractivity contribution in [2.75, 3.05) is 11.0 Å². The molecule has 0 spiro atoms. The van der Waals surface area contributed by atoms with Crippen LogP contribution in [0.25, 0.3) is 17.1 Å². The number of nitrogens with one attached hydrogen (secondary N) is 1. The molecule has 0 aliphatic carbocycles. The monoisotopic (exact) mass is 390 g/mol. The Labute approximate surface area is 155 Å². The van der Waals surface area contributed by atoms with Crippen LogP contribution in [0.3, 0.4) is 0 Å². The Balaban J connectivity index is 2.19. The highest BCUT2D eigenvalue weighted by Crippen LogP contribution is 2.29. The van der Waals surface area contributed by atoms with Crippen molar-refractivity contribution in [1.29, 1.82) is 0 Å². The number of benzene rings is 2.